The van der Waals surface area contributed by atoms with Crippen LogP contribution in [0.15, 0.2) is 16.7 Å². The lowest BCUT2D eigenvalue weighted by atomic mass is 9.88. The van der Waals surface area contributed by atoms with Crippen molar-refractivity contribution in [1.82, 2.24) is 4.90 Å². The average molecular weight is 295 g/mol. The van der Waals surface area contributed by atoms with Crippen LogP contribution in [0.1, 0.15) is 37.6 Å². The molecule has 1 unspecified atom stereocenters. The number of nitrogens with zero attached hydrogens (tertiary/aromatic N) is 1. The van der Waals surface area contributed by atoms with Gasteiger partial charge in [0.15, 0.2) is 6.04 Å². The molecule has 0 fully saturated rings. The van der Waals surface area contributed by atoms with Crippen LogP contribution in [0.2, 0.25) is 0 Å². The monoisotopic (exact) mass is 295 g/mol. The standard InChI is InChI=1S/C15H21NO5/c1-15(2,9-20-3)8-12(17)16-6-4-11-10(5-7-21-11)13(16)14(18)19/h5,7,13H,4,6,8-9H2,1-3H3,(H,18,19). The fraction of sp³-hybridized carbons (Fsp3) is 0.600. The summed E-state index contributed by atoms with van der Waals surface area (Å²) in [6.45, 7) is 4.66. The van der Waals surface area contributed by atoms with E-state index in [0.29, 0.717) is 30.9 Å². The van der Waals surface area contributed by atoms with Gasteiger partial charge in [-0.2, -0.15) is 0 Å². The minimum atomic E-state index is -1.03. The number of furan rings is 1. The summed E-state index contributed by atoms with van der Waals surface area (Å²) in [5.74, 6) is -0.547. The predicted molar refractivity (Wildman–Crippen MR) is 74.8 cm³/mol. The normalized spacial score (nSPS) is 18.4. The Morgan fingerprint density at radius 1 is 1.52 bits per heavy atom. The van der Waals surface area contributed by atoms with E-state index < -0.39 is 12.0 Å². The highest BCUT2D eigenvalue weighted by atomic mass is 16.5. The van der Waals surface area contributed by atoms with Crippen molar-refractivity contribution in [2.45, 2.75) is 32.7 Å². The van der Waals surface area contributed by atoms with Gasteiger partial charge in [-0.3, -0.25) is 4.79 Å². The highest BCUT2D eigenvalue weighted by Gasteiger charge is 2.38. The largest absolute Gasteiger partial charge is 0.479 e. The molecule has 0 bridgehead atoms. The van der Waals surface area contributed by atoms with E-state index in [1.807, 2.05) is 13.8 Å². The second-order valence-corrected chi connectivity index (χ2v) is 6.15. The Bertz CT molecular complexity index is 534. The van der Waals surface area contributed by atoms with E-state index in [4.69, 9.17) is 9.15 Å². The Hall–Kier alpha value is -1.82. The van der Waals surface area contributed by atoms with Crippen LogP contribution in [0.3, 0.4) is 0 Å². The number of carboxylic acid groups (broad SMARTS) is 1. The summed E-state index contributed by atoms with van der Waals surface area (Å²) < 4.78 is 10.4. The number of amides is 1. The van der Waals surface area contributed by atoms with Crippen LogP contribution in [0.5, 0.6) is 0 Å². The van der Waals surface area contributed by atoms with Gasteiger partial charge >= 0.3 is 5.97 Å². The molecule has 6 heteroatoms. The van der Waals surface area contributed by atoms with Gasteiger partial charge in [0.2, 0.25) is 5.91 Å². The van der Waals surface area contributed by atoms with E-state index in [1.54, 1.807) is 13.2 Å². The molecule has 0 spiro atoms. The van der Waals surface area contributed by atoms with Crippen molar-refractivity contribution in [1.29, 1.82) is 0 Å². The number of carbonyl (C=O) groups excluding carboxylic acids is 1. The zero-order valence-electron chi connectivity index (χ0n) is 12.6. The lowest BCUT2D eigenvalue weighted by Gasteiger charge is -2.35. The van der Waals surface area contributed by atoms with E-state index in [9.17, 15) is 14.7 Å². The van der Waals surface area contributed by atoms with Crippen molar-refractivity contribution in [2.24, 2.45) is 5.41 Å². The molecule has 1 aliphatic rings. The number of carbonyl (C=O) groups is 2. The number of aliphatic carboxylic acids is 1. The van der Waals surface area contributed by atoms with Gasteiger partial charge in [0.25, 0.3) is 0 Å². The number of methoxy groups -OCH3 is 1. The van der Waals surface area contributed by atoms with Crippen LogP contribution in [-0.2, 0) is 20.7 Å². The molecule has 1 aromatic heterocycles. The van der Waals surface area contributed by atoms with Crippen LogP contribution in [0.4, 0.5) is 0 Å². The van der Waals surface area contributed by atoms with Gasteiger partial charge in [-0.1, -0.05) is 13.8 Å². The minimum Gasteiger partial charge on any atom is -0.479 e. The molecule has 21 heavy (non-hydrogen) atoms. The first kappa shape index (κ1) is 15.6. The average Bonchev–Trinajstić information content (AvgIpc) is 2.84. The Labute approximate surface area is 123 Å². The lowest BCUT2D eigenvalue weighted by Crippen LogP contribution is -2.44. The topological polar surface area (TPSA) is 80.0 Å². The number of ether oxygens (including phenoxy) is 1. The summed E-state index contributed by atoms with van der Waals surface area (Å²) in [5.41, 5.74) is 0.248. The molecule has 0 aromatic carbocycles. The van der Waals surface area contributed by atoms with E-state index in [-0.39, 0.29) is 17.7 Å². The van der Waals surface area contributed by atoms with E-state index >= 15 is 0 Å². The summed E-state index contributed by atoms with van der Waals surface area (Å²) in [6, 6.07) is 0.673. The second-order valence-electron chi connectivity index (χ2n) is 6.15. The summed E-state index contributed by atoms with van der Waals surface area (Å²) in [7, 11) is 1.59. The number of fused-ring (bicyclic) bond motifs is 1. The maximum Gasteiger partial charge on any atom is 0.331 e. The minimum absolute atomic E-state index is 0.170. The molecule has 1 aliphatic heterocycles. The summed E-state index contributed by atoms with van der Waals surface area (Å²) in [5, 5.41) is 9.46. The second kappa shape index (κ2) is 5.89. The number of hydrogen-bond acceptors (Lipinski definition) is 4. The van der Waals surface area contributed by atoms with E-state index in [2.05, 4.69) is 0 Å². The molecule has 1 amide bonds. The fourth-order valence-corrected chi connectivity index (χ4v) is 2.80. The molecule has 116 valence electrons. The molecule has 2 rings (SSSR count). The van der Waals surface area contributed by atoms with Gasteiger partial charge in [-0.25, -0.2) is 4.79 Å². The third kappa shape index (κ3) is 3.26. The number of carboxylic acids is 1. The summed E-state index contributed by atoms with van der Waals surface area (Å²) in [6.07, 6.45) is 2.27. The molecule has 1 N–H and O–H groups in total. The van der Waals surface area contributed by atoms with Gasteiger partial charge in [-0.15, -0.1) is 0 Å². The molecule has 0 saturated carbocycles. The Kier molecular flexibility index (Phi) is 4.37. The SMILES string of the molecule is COCC(C)(C)CC(=O)N1CCc2occc2C1C(=O)O. The van der Waals surface area contributed by atoms with Crippen LogP contribution in [-0.4, -0.2) is 42.1 Å². The summed E-state index contributed by atoms with van der Waals surface area (Å²) >= 11 is 0. The van der Waals surface area contributed by atoms with Crippen LogP contribution in [0, 0.1) is 5.41 Å². The van der Waals surface area contributed by atoms with Crippen molar-refractivity contribution in [3.8, 4) is 0 Å². The third-order valence-electron chi connectivity index (χ3n) is 3.69. The molecule has 1 atom stereocenters. The lowest BCUT2D eigenvalue weighted by molar-refractivity contribution is -0.152. The Morgan fingerprint density at radius 3 is 2.86 bits per heavy atom. The van der Waals surface area contributed by atoms with Crippen LogP contribution in [0.25, 0.3) is 0 Å². The molecule has 1 aromatic rings. The smallest absolute Gasteiger partial charge is 0.331 e. The Morgan fingerprint density at radius 2 is 2.24 bits per heavy atom. The van der Waals surface area contributed by atoms with Gasteiger partial charge in [-0.05, 0) is 11.5 Å². The van der Waals surface area contributed by atoms with Crippen molar-refractivity contribution in [3.63, 3.8) is 0 Å². The zero-order chi connectivity index (χ0) is 15.6. The van der Waals surface area contributed by atoms with Gasteiger partial charge in [0, 0.05) is 32.1 Å². The van der Waals surface area contributed by atoms with Crippen LogP contribution >= 0.6 is 0 Å². The highest BCUT2D eigenvalue weighted by molar-refractivity contribution is 5.85. The molecule has 6 nitrogen and oxygen atoms in total. The maximum absolute atomic E-state index is 12.5. The molecule has 2 heterocycles. The van der Waals surface area contributed by atoms with E-state index in [0.717, 1.165) is 0 Å². The highest BCUT2D eigenvalue weighted by Crippen LogP contribution is 2.33. The van der Waals surface area contributed by atoms with Gasteiger partial charge in [0.1, 0.15) is 5.76 Å². The van der Waals surface area contributed by atoms with Crippen molar-refractivity contribution >= 4 is 11.9 Å². The zero-order valence-corrected chi connectivity index (χ0v) is 12.6. The van der Waals surface area contributed by atoms with Crippen molar-refractivity contribution in [3.05, 3.63) is 23.7 Å². The Balaban J connectivity index is 2.19. The van der Waals surface area contributed by atoms with Gasteiger partial charge in [0.05, 0.1) is 12.9 Å². The fourth-order valence-electron chi connectivity index (χ4n) is 2.80. The first-order valence-corrected chi connectivity index (χ1v) is 6.93. The van der Waals surface area contributed by atoms with Crippen molar-refractivity contribution in [2.75, 3.05) is 20.3 Å². The predicted octanol–water partition coefficient (Wildman–Crippen LogP) is 1.85. The van der Waals surface area contributed by atoms with Gasteiger partial charge < -0.3 is 19.2 Å². The summed E-state index contributed by atoms with van der Waals surface area (Å²) in [4.78, 5) is 25.5. The molecule has 0 saturated heterocycles. The molecule has 0 radical (unpaired) electrons. The number of hydrogen-bond donors (Lipinski definition) is 1. The molecular formula is C15H21NO5. The molecule has 0 aliphatic carbocycles. The first-order chi connectivity index (χ1) is 9.85. The van der Waals surface area contributed by atoms with E-state index in [1.165, 1.54) is 11.2 Å². The van der Waals surface area contributed by atoms with Crippen LogP contribution < -0.4 is 0 Å². The van der Waals surface area contributed by atoms with Crippen molar-refractivity contribution < 1.29 is 23.8 Å². The molecular weight excluding hydrogens is 274 g/mol. The third-order valence-corrected chi connectivity index (χ3v) is 3.69. The number of rotatable bonds is 5. The maximum atomic E-state index is 12.5. The quantitative estimate of drug-likeness (QED) is 0.896. The first-order valence-electron chi connectivity index (χ1n) is 6.93.